The zero-order chi connectivity index (χ0) is 13.8. The van der Waals surface area contributed by atoms with Crippen LogP contribution in [0.15, 0.2) is 22.7 Å². The molecule has 0 saturated carbocycles. The highest BCUT2D eigenvalue weighted by Gasteiger charge is 2.22. The number of hydrogen-bond acceptors (Lipinski definition) is 3. The minimum atomic E-state index is -0.229. The Kier molecular flexibility index (Phi) is 4.82. The first-order valence-electron chi connectivity index (χ1n) is 6.47. The lowest BCUT2D eigenvalue weighted by atomic mass is 10.2. The van der Waals surface area contributed by atoms with Crippen LogP contribution >= 0.6 is 15.9 Å². The zero-order valence-electron chi connectivity index (χ0n) is 11.3. The highest BCUT2D eigenvalue weighted by molar-refractivity contribution is 9.10. The molecule has 2 rings (SSSR count). The highest BCUT2D eigenvalue weighted by Crippen LogP contribution is 2.21. The van der Waals surface area contributed by atoms with E-state index < -0.39 is 0 Å². The van der Waals surface area contributed by atoms with Gasteiger partial charge >= 0.3 is 0 Å². The standard InChI is InChI=1S/C14H19BrN2O2/c1-10-3-4-12(9-13(10)15)16-11(2)14(18)17-5-7-19-8-6-17/h3-4,9,11,16H,5-8H2,1-2H3. The zero-order valence-corrected chi connectivity index (χ0v) is 12.9. The average molecular weight is 327 g/mol. The van der Waals surface area contributed by atoms with Gasteiger partial charge in [0.2, 0.25) is 5.91 Å². The summed E-state index contributed by atoms with van der Waals surface area (Å²) in [6, 6.07) is 5.78. The van der Waals surface area contributed by atoms with Crippen molar-refractivity contribution in [3.8, 4) is 0 Å². The molecule has 19 heavy (non-hydrogen) atoms. The fourth-order valence-corrected chi connectivity index (χ4v) is 2.43. The van der Waals surface area contributed by atoms with Gasteiger partial charge in [-0.05, 0) is 31.5 Å². The fourth-order valence-electron chi connectivity index (χ4n) is 2.05. The summed E-state index contributed by atoms with van der Waals surface area (Å²) in [4.78, 5) is 14.1. The van der Waals surface area contributed by atoms with Crippen LogP contribution in [0.25, 0.3) is 0 Å². The third-order valence-corrected chi connectivity index (χ3v) is 4.10. The maximum atomic E-state index is 12.3. The van der Waals surface area contributed by atoms with Gasteiger partial charge in [-0.25, -0.2) is 0 Å². The van der Waals surface area contributed by atoms with Gasteiger partial charge in [0.25, 0.3) is 0 Å². The van der Waals surface area contributed by atoms with Gasteiger partial charge in [-0.15, -0.1) is 0 Å². The van der Waals surface area contributed by atoms with Gasteiger partial charge < -0.3 is 15.0 Å². The predicted molar refractivity (Wildman–Crippen MR) is 79.4 cm³/mol. The van der Waals surface area contributed by atoms with E-state index in [0.29, 0.717) is 26.3 Å². The van der Waals surface area contributed by atoms with E-state index in [9.17, 15) is 4.79 Å². The number of carbonyl (C=O) groups is 1. The summed E-state index contributed by atoms with van der Waals surface area (Å²) in [6.45, 7) is 6.57. The average Bonchev–Trinajstić information content (AvgIpc) is 2.43. The van der Waals surface area contributed by atoms with Crippen LogP contribution in [0.4, 0.5) is 5.69 Å². The quantitative estimate of drug-likeness (QED) is 0.927. The molecule has 0 bridgehead atoms. The Morgan fingerprint density at radius 1 is 1.42 bits per heavy atom. The molecule has 1 atom stereocenters. The molecule has 1 unspecified atom stereocenters. The second kappa shape index (κ2) is 6.39. The van der Waals surface area contributed by atoms with Crippen molar-refractivity contribution in [2.45, 2.75) is 19.9 Å². The normalized spacial score (nSPS) is 17.1. The van der Waals surface area contributed by atoms with Crippen molar-refractivity contribution in [1.29, 1.82) is 0 Å². The predicted octanol–water partition coefficient (Wildman–Crippen LogP) is 2.42. The van der Waals surface area contributed by atoms with Crippen LogP contribution in [0, 0.1) is 6.92 Å². The van der Waals surface area contributed by atoms with Crippen molar-refractivity contribution in [2.75, 3.05) is 31.6 Å². The van der Waals surface area contributed by atoms with E-state index in [1.165, 1.54) is 5.56 Å². The van der Waals surface area contributed by atoms with Crippen molar-refractivity contribution in [2.24, 2.45) is 0 Å². The van der Waals surface area contributed by atoms with Crippen LogP contribution in [-0.4, -0.2) is 43.2 Å². The summed E-state index contributed by atoms with van der Waals surface area (Å²) in [6.07, 6.45) is 0. The molecule has 104 valence electrons. The molecule has 4 nitrogen and oxygen atoms in total. The maximum absolute atomic E-state index is 12.3. The summed E-state index contributed by atoms with van der Waals surface area (Å²) in [5.41, 5.74) is 2.13. The minimum Gasteiger partial charge on any atom is -0.378 e. The maximum Gasteiger partial charge on any atom is 0.244 e. The van der Waals surface area contributed by atoms with Gasteiger partial charge in [0.05, 0.1) is 13.2 Å². The van der Waals surface area contributed by atoms with E-state index in [-0.39, 0.29) is 11.9 Å². The number of carbonyl (C=O) groups excluding carboxylic acids is 1. The number of hydrogen-bond donors (Lipinski definition) is 1. The van der Waals surface area contributed by atoms with Crippen LogP contribution in [0.3, 0.4) is 0 Å². The van der Waals surface area contributed by atoms with Gasteiger partial charge in [-0.1, -0.05) is 22.0 Å². The number of morpholine rings is 1. The van der Waals surface area contributed by atoms with Crippen molar-refractivity contribution < 1.29 is 9.53 Å². The molecule has 1 heterocycles. The number of nitrogens with one attached hydrogen (secondary N) is 1. The molecule has 1 amide bonds. The van der Waals surface area contributed by atoms with Crippen LogP contribution in [0.5, 0.6) is 0 Å². The van der Waals surface area contributed by atoms with Crippen LogP contribution in [0.2, 0.25) is 0 Å². The smallest absolute Gasteiger partial charge is 0.244 e. The second-order valence-corrected chi connectivity index (χ2v) is 5.62. The molecule has 1 saturated heterocycles. The first-order valence-corrected chi connectivity index (χ1v) is 7.26. The van der Waals surface area contributed by atoms with Crippen LogP contribution < -0.4 is 5.32 Å². The molecule has 0 spiro atoms. The highest BCUT2D eigenvalue weighted by atomic mass is 79.9. The van der Waals surface area contributed by atoms with E-state index in [1.54, 1.807) is 0 Å². The molecular weight excluding hydrogens is 308 g/mol. The Labute approximate surface area is 122 Å². The lowest BCUT2D eigenvalue weighted by Crippen LogP contribution is -2.46. The number of ether oxygens (including phenoxy) is 1. The number of nitrogens with zero attached hydrogens (tertiary/aromatic N) is 1. The summed E-state index contributed by atoms with van der Waals surface area (Å²) in [5.74, 6) is 0.125. The van der Waals surface area contributed by atoms with Gasteiger partial charge in [0.15, 0.2) is 0 Å². The fraction of sp³-hybridized carbons (Fsp3) is 0.500. The molecule has 0 radical (unpaired) electrons. The first kappa shape index (κ1) is 14.3. The lowest BCUT2D eigenvalue weighted by molar-refractivity contribution is -0.135. The molecule has 1 aromatic carbocycles. The lowest BCUT2D eigenvalue weighted by Gasteiger charge is -2.29. The number of benzene rings is 1. The molecule has 1 aromatic rings. The van der Waals surface area contributed by atoms with Crippen molar-refractivity contribution >= 4 is 27.5 Å². The Morgan fingerprint density at radius 2 is 2.11 bits per heavy atom. The number of amides is 1. The summed E-state index contributed by atoms with van der Waals surface area (Å²) >= 11 is 3.50. The Balaban J connectivity index is 1.97. The second-order valence-electron chi connectivity index (χ2n) is 4.77. The third kappa shape index (κ3) is 3.70. The molecule has 0 aromatic heterocycles. The van der Waals surface area contributed by atoms with Crippen molar-refractivity contribution in [3.63, 3.8) is 0 Å². The number of rotatable bonds is 3. The molecule has 1 N–H and O–H groups in total. The van der Waals surface area contributed by atoms with E-state index in [0.717, 1.165) is 10.2 Å². The Hall–Kier alpha value is -1.07. The molecular formula is C14H19BrN2O2. The summed E-state index contributed by atoms with van der Waals surface area (Å²) < 4.78 is 6.30. The molecule has 1 aliphatic heterocycles. The van der Waals surface area contributed by atoms with E-state index >= 15 is 0 Å². The van der Waals surface area contributed by atoms with E-state index in [1.807, 2.05) is 36.9 Å². The number of anilines is 1. The third-order valence-electron chi connectivity index (χ3n) is 3.25. The Morgan fingerprint density at radius 3 is 2.74 bits per heavy atom. The van der Waals surface area contributed by atoms with Crippen molar-refractivity contribution in [1.82, 2.24) is 4.90 Å². The SMILES string of the molecule is Cc1ccc(NC(C)C(=O)N2CCOCC2)cc1Br. The summed E-state index contributed by atoms with van der Waals surface area (Å²) in [7, 11) is 0. The van der Waals surface area contributed by atoms with Crippen molar-refractivity contribution in [3.05, 3.63) is 28.2 Å². The van der Waals surface area contributed by atoms with Crippen LogP contribution in [-0.2, 0) is 9.53 Å². The van der Waals surface area contributed by atoms with Crippen LogP contribution in [0.1, 0.15) is 12.5 Å². The number of halogens is 1. The van der Waals surface area contributed by atoms with Gasteiger partial charge in [-0.2, -0.15) is 0 Å². The number of aryl methyl sites for hydroxylation is 1. The Bertz CT molecular complexity index is 459. The minimum absolute atomic E-state index is 0.125. The van der Waals surface area contributed by atoms with E-state index in [4.69, 9.17) is 4.74 Å². The van der Waals surface area contributed by atoms with Gasteiger partial charge in [0, 0.05) is 23.2 Å². The molecule has 5 heteroatoms. The van der Waals surface area contributed by atoms with Gasteiger partial charge in [-0.3, -0.25) is 4.79 Å². The van der Waals surface area contributed by atoms with E-state index in [2.05, 4.69) is 21.2 Å². The monoisotopic (exact) mass is 326 g/mol. The molecule has 0 aliphatic carbocycles. The molecule has 1 aliphatic rings. The first-order chi connectivity index (χ1) is 9.08. The topological polar surface area (TPSA) is 41.6 Å². The van der Waals surface area contributed by atoms with Gasteiger partial charge in [0.1, 0.15) is 6.04 Å². The molecule has 1 fully saturated rings. The largest absolute Gasteiger partial charge is 0.378 e. The summed E-state index contributed by atoms with van der Waals surface area (Å²) in [5, 5.41) is 3.24.